The maximum Gasteiger partial charge on any atom is 0.573 e. The van der Waals surface area contributed by atoms with Crippen LogP contribution in [0.4, 0.5) is 43.9 Å². The number of halogens is 10. The van der Waals surface area contributed by atoms with Crippen molar-refractivity contribution in [2.24, 2.45) is 0 Å². The summed E-state index contributed by atoms with van der Waals surface area (Å²) in [5.41, 5.74) is 13.1. The molecular weight excluding hydrogens is 1390 g/mol. The number of hydrogen-bond donors (Lipinski definition) is 0. The molecule has 0 saturated carbocycles. The molecule has 108 heavy (non-hydrogen) atoms. The van der Waals surface area contributed by atoms with Gasteiger partial charge in [0, 0.05) is 11.8 Å². The first kappa shape index (κ1) is 90.7. The van der Waals surface area contributed by atoms with E-state index >= 15 is 0 Å². The zero-order valence-electron chi connectivity index (χ0n) is 65.5. The van der Waals surface area contributed by atoms with Crippen LogP contribution in [-0.4, -0.2) is 32.8 Å². The summed E-state index contributed by atoms with van der Waals surface area (Å²) in [6, 6.07) is 63.2. The van der Waals surface area contributed by atoms with Gasteiger partial charge in [-0.1, -0.05) is 234 Å². The summed E-state index contributed by atoms with van der Waals surface area (Å²) >= 11 is 0. The number of nitriles is 1. The molecule has 12 rings (SSSR count). The lowest BCUT2D eigenvalue weighted by atomic mass is 10.00. The van der Waals surface area contributed by atoms with Gasteiger partial charge in [0.1, 0.15) is 36.0 Å². The van der Waals surface area contributed by atoms with Gasteiger partial charge in [-0.05, 0) is 206 Å². The van der Waals surface area contributed by atoms with Gasteiger partial charge in [0.2, 0.25) is 0 Å². The van der Waals surface area contributed by atoms with Crippen LogP contribution < -0.4 is 23.7 Å². The number of ether oxygens (including phenoxy) is 5. The summed E-state index contributed by atoms with van der Waals surface area (Å²) in [5.74, 6) is 5.48. The van der Waals surface area contributed by atoms with Crippen molar-refractivity contribution in [3.05, 3.63) is 291 Å². The summed E-state index contributed by atoms with van der Waals surface area (Å²) in [4.78, 5) is 0. The molecule has 0 amide bonds. The van der Waals surface area contributed by atoms with Crippen LogP contribution >= 0.6 is 0 Å². The summed E-state index contributed by atoms with van der Waals surface area (Å²) < 4.78 is 150. The van der Waals surface area contributed by atoms with E-state index in [4.69, 9.17) is 23.9 Å². The molecule has 0 spiro atoms. The van der Waals surface area contributed by atoms with Gasteiger partial charge >= 0.3 is 19.2 Å². The van der Waals surface area contributed by atoms with Crippen LogP contribution in [0.2, 0.25) is 0 Å². The first-order valence-corrected chi connectivity index (χ1v) is 36.6. The van der Waals surface area contributed by atoms with Gasteiger partial charge in [-0.15, -0.1) is 13.2 Å². The van der Waals surface area contributed by atoms with Crippen LogP contribution in [0.1, 0.15) is 245 Å². The number of nitrogens with zero attached hydrogens (tertiary/aromatic N) is 1. The van der Waals surface area contributed by atoms with Crippen molar-refractivity contribution in [3.63, 3.8) is 0 Å². The van der Waals surface area contributed by atoms with Crippen molar-refractivity contribution in [2.45, 2.75) is 203 Å². The minimum absolute atomic E-state index is 0.179. The van der Waals surface area contributed by atoms with Crippen molar-refractivity contribution in [2.75, 3.05) is 19.8 Å². The molecule has 0 saturated heterocycles. The number of hydrogen-bond acceptors (Lipinski definition) is 7. The molecule has 0 fully saturated rings. The predicted molar refractivity (Wildman–Crippen MR) is 418 cm³/mol. The fourth-order valence-corrected chi connectivity index (χ4v) is 10.1. The monoisotopic (exact) mass is 1500 g/mol. The number of fused-ring (bicyclic) bond motifs is 3. The Morgan fingerprint density at radius 3 is 1.20 bits per heavy atom. The van der Waals surface area contributed by atoms with Crippen LogP contribution in [0.3, 0.4) is 0 Å². The van der Waals surface area contributed by atoms with Gasteiger partial charge in [-0.25, -0.2) is 8.78 Å². The quantitative estimate of drug-likeness (QED) is 0.113. The number of furan rings is 1. The Kier molecular flexibility index (Phi) is 38.0. The molecule has 1 aromatic heterocycles. The van der Waals surface area contributed by atoms with Crippen molar-refractivity contribution in [3.8, 4) is 34.8 Å². The first-order chi connectivity index (χ1) is 50.8. The van der Waals surface area contributed by atoms with E-state index in [0.29, 0.717) is 54.6 Å². The van der Waals surface area contributed by atoms with E-state index in [1.54, 1.807) is 48.7 Å². The largest absolute Gasteiger partial charge is 0.573 e. The number of alkyl halides is 8. The zero-order chi connectivity index (χ0) is 80.4. The SMILES string of the molecule is CC(C)c1ccc(C#N)cc1.CC(C)c1ccc(C(F)(F)F)cc1.CC(C)c1ccc(F)c(F)c1.CC(C)c1ccc(OC(F)(F)F)cc1.CC(C)c1ccc(OC(F)F)cc1.CC(C)c1ccc2c(c1)CCO2.CC(C)c1ccc2c(c1)OCCO2.CC(C)c1ccc2occc2c1.CC(C)c1ccccc1. The molecule has 0 aliphatic carbocycles. The third kappa shape index (κ3) is 33.2. The second-order valence-corrected chi connectivity index (χ2v) is 28.5. The zero-order valence-corrected chi connectivity index (χ0v) is 65.5. The van der Waals surface area contributed by atoms with Crippen LogP contribution in [0.5, 0.6) is 28.7 Å². The van der Waals surface area contributed by atoms with Crippen LogP contribution in [0.15, 0.2) is 217 Å². The average Bonchev–Trinajstić information content (AvgIpc) is 1.58. The standard InChI is InChI=1S/C11H14O2.C11H14O.C11H12O.C10H11F3O.C10H11F3.C10H12F2O.C10H11N.C9H10F2.C9H12/c1-8(2)9-3-4-10-11(7-9)13-6-5-12-10;2*1-8(2)9-3-4-11-10(7-9)5-6-12-11;1-7(2)8-3-5-9(6-4-8)14-10(11,12)13;1-7(2)8-3-5-9(6-4-8)10(11,12)13;1-7(2)8-3-5-9(6-4-8)13-10(11)12;1-8(2)10-5-3-9(7-11)4-6-10;1-6(2)7-3-4-8(10)9(11)5-7;1-8(2)9-6-4-3-5-7-9/h3-4,7-8H,5-6H2,1-2H3;3-4,7-8H,5-6H2,1-2H3;3-8H,1-2H3;3-7H,1-2H3;3-7H,1-2H3;3-7,10H,1-2H3;3-6,8H,1-2H3;3-6H,1-2H3;3-8H,1-2H3. The summed E-state index contributed by atoms with van der Waals surface area (Å²) in [6.45, 7) is 37.1. The van der Waals surface area contributed by atoms with E-state index in [-0.39, 0.29) is 23.3 Å². The van der Waals surface area contributed by atoms with Gasteiger partial charge < -0.3 is 28.1 Å². The normalized spacial score (nSPS) is 11.9. The molecule has 0 radical (unpaired) electrons. The minimum Gasteiger partial charge on any atom is -0.493 e. The molecular formula is C91H107F10NO6. The highest BCUT2D eigenvalue weighted by atomic mass is 19.4. The second kappa shape index (κ2) is 45.2. The Balaban J connectivity index is 0.000000257. The minimum atomic E-state index is -4.61. The fraction of sp³-hybridized carbons (Fsp3) is 0.374. The highest BCUT2D eigenvalue weighted by Crippen LogP contribution is 2.35. The van der Waals surface area contributed by atoms with Gasteiger partial charge in [0.25, 0.3) is 0 Å². The molecule has 2 aliphatic heterocycles. The van der Waals surface area contributed by atoms with Gasteiger partial charge in [-0.3, -0.25) is 0 Å². The van der Waals surface area contributed by atoms with E-state index in [1.807, 2.05) is 104 Å². The highest BCUT2D eigenvalue weighted by molar-refractivity contribution is 5.77. The molecule has 7 nitrogen and oxygen atoms in total. The molecule has 0 atom stereocenters. The summed E-state index contributed by atoms with van der Waals surface area (Å²) in [5, 5.41) is 9.71. The molecule has 0 bridgehead atoms. The maximum absolute atomic E-state index is 12.6. The third-order valence-corrected chi connectivity index (χ3v) is 17.0. The van der Waals surface area contributed by atoms with Crippen molar-refractivity contribution < 1.29 is 72.0 Å². The lowest BCUT2D eigenvalue weighted by Crippen LogP contribution is -2.17. The molecule has 17 heteroatoms. The first-order valence-electron chi connectivity index (χ1n) is 36.6. The van der Waals surface area contributed by atoms with E-state index < -0.39 is 36.3 Å². The maximum atomic E-state index is 12.6. The van der Waals surface area contributed by atoms with E-state index in [2.05, 4.69) is 152 Å². The van der Waals surface area contributed by atoms with E-state index in [0.717, 1.165) is 81.9 Å². The molecule has 3 heterocycles. The Morgan fingerprint density at radius 1 is 0.370 bits per heavy atom. The van der Waals surface area contributed by atoms with Gasteiger partial charge in [0.05, 0.1) is 30.1 Å². The fourth-order valence-electron chi connectivity index (χ4n) is 10.1. The Morgan fingerprint density at radius 2 is 0.759 bits per heavy atom. The summed E-state index contributed by atoms with van der Waals surface area (Å²) in [7, 11) is 0. The smallest absolute Gasteiger partial charge is 0.493 e. The molecule has 10 aromatic rings. The molecule has 0 N–H and O–H groups in total. The Labute approximate surface area is 634 Å². The third-order valence-electron chi connectivity index (χ3n) is 17.0. The van der Waals surface area contributed by atoms with Gasteiger partial charge in [0.15, 0.2) is 23.1 Å². The Bertz CT molecular complexity index is 4210. The lowest BCUT2D eigenvalue weighted by molar-refractivity contribution is -0.274. The van der Waals surface area contributed by atoms with E-state index in [1.165, 1.54) is 69.1 Å². The van der Waals surface area contributed by atoms with Crippen molar-refractivity contribution >= 4 is 11.0 Å². The van der Waals surface area contributed by atoms with E-state index in [9.17, 15) is 43.9 Å². The average molecular weight is 1500 g/mol. The molecule has 0 unspecified atom stereocenters. The van der Waals surface area contributed by atoms with Crippen LogP contribution in [0.25, 0.3) is 11.0 Å². The lowest BCUT2D eigenvalue weighted by Gasteiger charge is -2.19. The second-order valence-electron chi connectivity index (χ2n) is 28.5. The predicted octanol–water partition coefficient (Wildman–Crippen LogP) is 28.4. The number of rotatable bonds is 12. The van der Waals surface area contributed by atoms with Crippen LogP contribution in [-0.2, 0) is 12.6 Å². The Hall–Kier alpha value is -9.69. The van der Waals surface area contributed by atoms with Gasteiger partial charge in [-0.2, -0.15) is 27.2 Å². The highest BCUT2D eigenvalue weighted by Gasteiger charge is 2.31. The molecule has 9 aromatic carbocycles. The molecule has 2 aliphatic rings. The van der Waals surface area contributed by atoms with Crippen molar-refractivity contribution in [1.29, 1.82) is 5.26 Å². The summed E-state index contributed by atoms with van der Waals surface area (Å²) in [6.07, 6.45) is -6.03. The van der Waals surface area contributed by atoms with Crippen LogP contribution in [0, 0.1) is 23.0 Å². The number of benzene rings is 9. The molecule has 582 valence electrons. The van der Waals surface area contributed by atoms with Crippen molar-refractivity contribution in [1.82, 2.24) is 0 Å². The topological polar surface area (TPSA) is 83.1 Å².